The Morgan fingerprint density at radius 2 is 1.86 bits per heavy atom. The largest absolute Gasteiger partial charge is 0.365 e. The first-order valence-corrected chi connectivity index (χ1v) is 12.5. The van der Waals surface area contributed by atoms with Gasteiger partial charge in [-0.2, -0.15) is 0 Å². The number of halogens is 3. The molecule has 2 fully saturated rings. The van der Waals surface area contributed by atoms with Gasteiger partial charge in [-0.3, -0.25) is 9.59 Å². The Morgan fingerprint density at radius 1 is 1.06 bits per heavy atom. The van der Waals surface area contributed by atoms with E-state index in [2.05, 4.69) is 10.2 Å². The van der Waals surface area contributed by atoms with Gasteiger partial charge >= 0.3 is 0 Å². The van der Waals surface area contributed by atoms with Crippen LogP contribution in [-0.4, -0.2) is 54.3 Å². The van der Waals surface area contributed by atoms with Crippen LogP contribution in [0.25, 0.3) is 0 Å². The van der Waals surface area contributed by atoms with Crippen LogP contribution < -0.4 is 5.32 Å². The van der Waals surface area contributed by atoms with E-state index in [1.807, 2.05) is 0 Å². The van der Waals surface area contributed by atoms with Crippen molar-refractivity contribution in [3.8, 4) is 0 Å². The van der Waals surface area contributed by atoms with E-state index >= 15 is 0 Å². The quantitative estimate of drug-likeness (QED) is 0.587. The van der Waals surface area contributed by atoms with Crippen LogP contribution in [0.4, 0.5) is 13.2 Å². The van der Waals surface area contributed by atoms with Gasteiger partial charge in [0.05, 0.1) is 12.2 Å². The highest BCUT2D eigenvalue weighted by Crippen LogP contribution is 2.44. The van der Waals surface area contributed by atoms with Gasteiger partial charge in [0.25, 0.3) is 0 Å². The Balaban J connectivity index is 1.14. The van der Waals surface area contributed by atoms with Crippen LogP contribution in [0.5, 0.6) is 0 Å². The van der Waals surface area contributed by atoms with Crippen LogP contribution in [0, 0.1) is 17.5 Å². The molecule has 0 aromatic heterocycles. The number of nitrogens with zero attached hydrogens (tertiary/aromatic N) is 2. The summed E-state index contributed by atoms with van der Waals surface area (Å²) in [5, 5.41) is 2.88. The summed E-state index contributed by atoms with van der Waals surface area (Å²) in [6.07, 6.45) is 3.23. The summed E-state index contributed by atoms with van der Waals surface area (Å²) in [7, 11) is 0. The second-order valence-corrected chi connectivity index (χ2v) is 9.84. The van der Waals surface area contributed by atoms with E-state index in [-0.39, 0.29) is 17.3 Å². The van der Waals surface area contributed by atoms with E-state index in [0.29, 0.717) is 39.0 Å². The Hall–Kier alpha value is -2.91. The van der Waals surface area contributed by atoms with Gasteiger partial charge in [-0.1, -0.05) is 12.1 Å². The van der Waals surface area contributed by atoms with E-state index in [4.69, 9.17) is 4.74 Å². The predicted molar refractivity (Wildman–Crippen MR) is 126 cm³/mol. The maximum Gasteiger partial charge on any atom is 0.247 e. The molecule has 2 saturated heterocycles. The molecule has 9 heteroatoms. The summed E-state index contributed by atoms with van der Waals surface area (Å²) in [4.78, 5) is 29.1. The van der Waals surface area contributed by atoms with Crippen molar-refractivity contribution in [2.45, 2.75) is 50.4 Å². The average Bonchev–Trinajstić information content (AvgIpc) is 3.44. The molecule has 1 N–H and O–H groups in total. The molecule has 1 atom stereocenters. The topological polar surface area (TPSA) is 61.9 Å². The van der Waals surface area contributed by atoms with Gasteiger partial charge in [-0.05, 0) is 73.2 Å². The molecule has 2 aromatic rings. The molecule has 3 heterocycles. The lowest BCUT2D eigenvalue weighted by atomic mass is 9.83. The molecule has 0 saturated carbocycles. The molecule has 0 aliphatic carbocycles. The third-order valence-electron chi connectivity index (χ3n) is 7.61. The first-order valence-electron chi connectivity index (χ1n) is 12.5. The number of likely N-dealkylation sites (tertiary alicyclic amines) is 2. The third-order valence-corrected chi connectivity index (χ3v) is 7.61. The molecular weight excluding hydrogens is 471 g/mol. The number of benzene rings is 2. The van der Waals surface area contributed by atoms with Crippen LogP contribution in [-0.2, 0) is 26.5 Å². The first-order chi connectivity index (χ1) is 17.4. The van der Waals surface area contributed by atoms with E-state index in [9.17, 15) is 22.8 Å². The summed E-state index contributed by atoms with van der Waals surface area (Å²) in [6.45, 7) is 3.70. The van der Waals surface area contributed by atoms with Gasteiger partial charge in [0, 0.05) is 32.6 Å². The molecule has 5 rings (SSSR count). The summed E-state index contributed by atoms with van der Waals surface area (Å²) in [5.74, 6) is -2.85. The van der Waals surface area contributed by atoms with E-state index in [1.54, 1.807) is 12.1 Å². The Bertz CT molecular complexity index is 1150. The van der Waals surface area contributed by atoms with Crippen molar-refractivity contribution >= 4 is 11.8 Å². The zero-order valence-electron chi connectivity index (χ0n) is 20.1. The zero-order valence-corrected chi connectivity index (χ0v) is 20.1. The molecule has 2 aromatic carbocycles. The zero-order chi connectivity index (χ0) is 25.3. The third kappa shape index (κ3) is 4.86. The molecule has 2 amide bonds. The predicted octanol–water partition coefficient (Wildman–Crippen LogP) is 3.80. The maximum absolute atomic E-state index is 13.9. The second-order valence-electron chi connectivity index (χ2n) is 9.84. The van der Waals surface area contributed by atoms with Crippen LogP contribution >= 0.6 is 0 Å². The van der Waals surface area contributed by atoms with Crippen molar-refractivity contribution in [2.24, 2.45) is 0 Å². The van der Waals surface area contributed by atoms with Crippen molar-refractivity contribution in [1.29, 1.82) is 0 Å². The van der Waals surface area contributed by atoms with Crippen LogP contribution in [0.15, 0.2) is 36.4 Å². The van der Waals surface area contributed by atoms with E-state index < -0.39 is 29.2 Å². The highest BCUT2D eigenvalue weighted by Gasteiger charge is 2.42. The molecule has 192 valence electrons. The van der Waals surface area contributed by atoms with Gasteiger partial charge in [0.1, 0.15) is 11.9 Å². The standard InChI is InChI=1S/C27H30F3N3O3/c28-20-6-4-19-17-36-27(21(19)16-20)8-13-32(14-9-27)11-2-10-31-26(35)25(33-12-1-3-24(33)34)18-5-7-22(29)23(30)15-18/h4-7,15-16,25H,1-3,8-14,17H2,(H,31,35). The van der Waals surface area contributed by atoms with Crippen molar-refractivity contribution < 1.29 is 27.5 Å². The van der Waals surface area contributed by atoms with Crippen LogP contribution in [0.1, 0.15) is 54.8 Å². The number of carbonyl (C=O) groups excluding carboxylic acids is 2. The van der Waals surface area contributed by atoms with Crippen molar-refractivity contribution in [3.05, 3.63) is 70.5 Å². The molecular formula is C27H30F3N3O3. The van der Waals surface area contributed by atoms with Crippen LogP contribution in [0.2, 0.25) is 0 Å². The number of ether oxygens (including phenoxy) is 1. The monoisotopic (exact) mass is 501 g/mol. The minimum Gasteiger partial charge on any atom is -0.365 e. The minimum absolute atomic E-state index is 0.169. The van der Waals surface area contributed by atoms with E-state index in [0.717, 1.165) is 55.7 Å². The van der Waals surface area contributed by atoms with Gasteiger partial charge in [0.15, 0.2) is 11.6 Å². The fraction of sp³-hybridized carbons (Fsp3) is 0.481. The number of amides is 2. The fourth-order valence-electron chi connectivity index (χ4n) is 5.65. The fourth-order valence-corrected chi connectivity index (χ4v) is 5.65. The molecule has 3 aliphatic rings. The maximum atomic E-state index is 13.9. The molecule has 1 spiro atoms. The van der Waals surface area contributed by atoms with Crippen molar-refractivity contribution in [2.75, 3.05) is 32.7 Å². The number of piperidine rings is 1. The molecule has 0 radical (unpaired) electrons. The SMILES string of the molecule is O=C(NCCCN1CCC2(CC1)OCc1ccc(F)cc12)C(c1ccc(F)c(F)c1)N1CCCC1=O. The molecule has 1 unspecified atom stereocenters. The van der Waals surface area contributed by atoms with Gasteiger partial charge < -0.3 is 19.9 Å². The Labute approximate surface area is 208 Å². The lowest BCUT2D eigenvalue weighted by Gasteiger charge is -2.39. The van der Waals surface area contributed by atoms with Gasteiger partial charge in [-0.15, -0.1) is 0 Å². The average molecular weight is 502 g/mol. The van der Waals surface area contributed by atoms with Gasteiger partial charge in [0.2, 0.25) is 11.8 Å². The highest BCUT2D eigenvalue weighted by molar-refractivity contribution is 5.89. The lowest BCUT2D eigenvalue weighted by Crippen LogP contribution is -2.44. The summed E-state index contributed by atoms with van der Waals surface area (Å²) < 4.78 is 47.2. The normalized spacial score (nSPS) is 20.1. The summed E-state index contributed by atoms with van der Waals surface area (Å²) in [5.41, 5.74) is 1.87. The molecule has 6 nitrogen and oxygen atoms in total. The number of fused-ring (bicyclic) bond motifs is 2. The smallest absolute Gasteiger partial charge is 0.247 e. The molecule has 0 bridgehead atoms. The minimum atomic E-state index is -1.04. The Kier molecular flexibility index (Phi) is 7.03. The first kappa shape index (κ1) is 24.8. The number of rotatable bonds is 7. The summed E-state index contributed by atoms with van der Waals surface area (Å²) in [6, 6.07) is 7.22. The lowest BCUT2D eigenvalue weighted by molar-refractivity contribution is -0.137. The summed E-state index contributed by atoms with van der Waals surface area (Å²) >= 11 is 0. The van der Waals surface area contributed by atoms with E-state index in [1.165, 1.54) is 17.0 Å². The van der Waals surface area contributed by atoms with Crippen molar-refractivity contribution in [1.82, 2.24) is 15.1 Å². The number of carbonyl (C=O) groups is 2. The molecule has 3 aliphatic heterocycles. The van der Waals surface area contributed by atoms with Crippen LogP contribution in [0.3, 0.4) is 0 Å². The second kappa shape index (κ2) is 10.2. The van der Waals surface area contributed by atoms with Crippen molar-refractivity contribution in [3.63, 3.8) is 0 Å². The highest BCUT2D eigenvalue weighted by atomic mass is 19.2. The Morgan fingerprint density at radius 3 is 2.58 bits per heavy atom. The number of hydrogen-bond acceptors (Lipinski definition) is 4. The van der Waals surface area contributed by atoms with Gasteiger partial charge in [-0.25, -0.2) is 13.2 Å². The molecule has 36 heavy (non-hydrogen) atoms. The number of nitrogens with one attached hydrogen (secondary N) is 1. The number of hydrogen-bond donors (Lipinski definition) is 1.